The average molecular weight is 811 g/mol. The van der Waals surface area contributed by atoms with Gasteiger partial charge in [-0.1, -0.05) is 126 Å². The lowest BCUT2D eigenvalue weighted by atomic mass is 10.1. The number of esters is 2. The summed E-state index contributed by atoms with van der Waals surface area (Å²) in [5, 5.41) is 18.3. The van der Waals surface area contributed by atoms with E-state index >= 15 is 0 Å². The van der Waals surface area contributed by atoms with Gasteiger partial charge in [-0.25, -0.2) is 4.57 Å². The Labute approximate surface area is 338 Å². The van der Waals surface area contributed by atoms with E-state index in [2.05, 4.69) is 79.1 Å². The lowest BCUT2D eigenvalue weighted by molar-refractivity contribution is -0.161. The topological polar surface area (TPSA) is 161 Å². The Balaban J connectivity index is 2.33. The Kier molecular flexibility index (Phi) is 33.0. The second kappa shape index (κ2) is 35.8. The number of epoxide rings is 1. The predicted molar refractivity (Wildman–Crippen MR) is 223 cm³/mol. The molecular formula is C44H75O11P. The van der Waals surface area contributed by atoms with E-state index in [9.17, 15) is 24.2 Å². The minimum absolute atomic E-state index is 0.111. The number of carbonyl (C=O) groups is 2. The molecule has 1 rings (SSSR count). The monoisotopic (exact) mass is 811 g/mol. The van der Waals surface area contributed by atoms with E-state index in [0.717, 1.165) is 70.6 Å². The second-order valence-electron chi connectivity index (χ2n) is 14.4. The predicted octanol–water partition coefficient (Wildman–Crippen LogP) is 10.1. The van der Waals surface area contributed by atoms with E-state index in [1.165, 1.54) is 44.9 Å². The van der Waals surface area contributed by atoms with E-state index in [1.807, 2.05) is 0 Å². The van der Waals surface area contributed by atoms with Crippen LogP contribution in [0, 0.1) is 0 Å². The summed E-state index contributed by atoms with van der Waals surface area (Å²) in [6, 6.07) is 0. The molecule has 0 aliphatic carbocycles. The number of hydrogen-bond donors (Lipinski definition) is 3. The molecule has 0 bridgehead atoms. The first-order valence-corrected chi connectivity index (χ1v) is 22.9. The molecule has 0 aromatic carbocycles. The van der Waals surface area contributed by atoms with E-state index in [1.54, 1.807) is 0 Å². The first kappa shape index (κ1) is 51.6. The summed E-state index contributed by atoms with van der Waals surface area (Å²) >= 11 is 0. The summed E-state index contributed by atoms with van der Waals surface area (Å²) in [7, 11) is -4.64. The minimum atomic E-state index is -4.64. The van der Waals surface area contributed by atoms with Gasteiger partial charge in [-0.3, -0.25) is 18.6 Å². The average Bonchev–Trinajstić information content (AvgIpc) is 3.94. The number of phosphoric ester groups is 1. The van der Waals surface area contributed by atoms with E-state index in [4.69, 9.17) is 23.8 Å². The number of rotatable bonds is 38. The lowest BCUT2D eigenvalue weighted by Gasteiger charge is -2.20. The molecule has 0 aromatic heterocycles. The maximum Gasteiger partial charge on any atom is 0.472 e. The van der Waals surface area contributed by atoms with Crippen LogP contribution in [0.2, 0.25) is 0 Å². The number of hydrogen-bond acceptors (Lipinski definition) is 10. The fourth-order valence-corrected chi connectivity index (χ4v) is 6.45. The number of aliphatic hydroxyl groups excluding tert-OH is 2. The summed E-state index contributed by atoms with van der Waals surface area (Å²) in [4.78, 5) is 35.1. The Morgan fingerprint density at radius 2 is 1.21 bits per heavy atom. The highest BCUT2D eigenvalue weighted by Crippen LogP contribution is 2.43. The van der Waals surface area contributed by atoms with Crippen LogP contribution in [0.15, 0.2) is 60.8 Å². The molecule has 0 aromatic rings. The van der Waals surface area contributed by atoms with Gasteiger partial charge in [-0.15, -0.1) is 0 Å². The fraction of sp³-hybridized carbons (Fsp3) is 0.727. The molecule has 5 atom stereocenters. The Bertz CT molecular complexity index is 1180. The van der Waals surface area contributed by atoms with Gasteiger partial charge in [0.25, 0.3) is 0 Å². The number of phosphoric acid groups is 1. The summed E-state index contributed by atoms with van der Waals surface area (Å²) in [5.41, 5.74) is 0. The standard InChI is InChI=1S/C44H75O11P/c1-3-5-7-9-11-13-15-17-18-19-21-23-25-27-29-33-44(48)54-40(38-53-56(49,50)52-36-39(46)35-45)37-51-43(47)34-30-32-42-41(55-42)31-28-26-24-22-20-16-14-12-10-8-6-4-2/h12-15,17-18,20,22,26,28,39-42,45-46H,3-11,16,19,21,23-25,27,29-38H2,1-2H3,(H,49,50)/b14-12-,15-13-,18-17-,22-20-,28-26-/t39-,40+,41?,42?/m0/s1. The Hall–Kier alpha value is -2.37. The van der Waals surface area contributed by atoms with Gasteiger partial charge >= 0.3 is 19.8 Å². The third-order valence-corrected chi connectivity index (χ3v) is 10.0. The van der Waals surface area contributed by atoms with Crippen LogP contribution in [0.25, 0.3) is 0 Å². The zero-order valence-electron chi connectivity index (χ0n) is 34.5. The molecule has 0 saturated carbocycles. The highest BCUT2D eigenvalue weighted by atomic mass is 31.2. The van der Waals surface area contributed by atoms with Crippen molar-refractivity contribution in [2.45, 2.75) is 180 Å². The van der Waals surface area contributed by atoms with Gasteiger partial charge in [0, 0.05) is 12.8 Å². The molecule has 3 N–H and O–H groups in total. The third-order valence-electron chi connectivity index (χ3n) is 9.10. The van der Waals surface area contributed by atoms with Gasteiger partial charge in [-0.05, 0) is 77.0 Å². The van der Waals surface area contributed by atoms with Crippen LogP contribution in [0.1, 0.15) is 155 Å². The van der Waals surface area contributed by atoms with Crippen LogP contribution in [-0.4, -0.2) is 77.9 Å². The first-order valence-electron chi connectivity index (χ1n) is 21.4. The van der Waals surface area contributed by atoms with Crippen molar-refractivity contribution in [3.05, 3.63) is 60.8 Å². The van der Waals surface area contributed by atoms with Gasteiger partial charge in [0.1, 0.15) is 12.7 Å². The number of ether oxygens (including phenoxy) is 3. The molecule has 12 heteroatoms. The molecule has 1 aliphatic heterocycles. The van der Waals surface area contributed by atoms with Crippen molar-refractivity contribution in [3.63, 3.8) is 0 Å². The normalized spacial score (nSPS) is 18.1. The highest BCUT2D eigenvalue weighted by molar-refractivity contribution is 7.47. The van der Waals surface area contributed by atoms with Gasteiger partial charge in [0.05, 0.1) is 32.0 Å². The number of carbonyl (C=O) groups excluding carboxylic acids is 2. The molecule has 322 valence electrons. The van der Waals surface area contributed by atoms with Crippen LogP contribution < -0.4 is 0 Å². The summed E-state index contributed by atoms with van der Waals surface area (Å²) in [5.74, 6) is -1.02. The molecule has 3 unspecified atom stereocenters. The zero-order chi connectivity index (χ0) is 41.0. The molecule has 56 heavy (non-hydrogen) atoms. The van der Waals surface area contributed by atoms with Crippen molar-refractivity contribution < 1.29 is 52.5 Å². The Morgan fingerprint density at radius 3 is 1.91 bits per heavy atom. The SMILES string of the molecule is CCCCC/C=C\C/C=C\C/C=C\CC1OC1CCCC(=O)OC[C@H](COP(=O)(O)OC[C@@H](O)CO)OC(=O)CCCCCCC/C=C\C=C/CCCCCC. The van der Waals surface area contributed by atoms with Crippen molar-refractivity contribution in [2.75, 3.05) is 26.4 Å². The fourth-order valence-electron chi connectivity index (χ4n) is 5.66. The molecule has 0 spiro atoms. The van der Waals surface area contributed by atoms with E-state index in [-0.39, 0.29) is 31.7 Å². The molecule has 0 amide bonds. The van der Waals surface area contributed by atoms with E-state index in [0.29, 0.717) is 12.8 Å². The quantitative estimate of drug-likeness (QED) is 0.0136. The van der Waals surface area contributed by atoms with Crippen LogP contribution in [0.3, 0.4) is 0 Å². The van der Waals surface area contributed by atoms with Crippen LogP contribution >= 0.6 is 7.82 Å². The lowest BCUT2D eigenvalue weighted by Crippen LogP contribution is -2.29. The van der Waals surface area contributed by atoms with Gasteiger partial charge < -0.3 is 29.3 Å². The summed E-state index contributed by atoms with van der Waals surface area (Å²) < 4.78 is 38.4. The maximum absolute atomic E-state index is 12.6. The second-order valence-corrected chi connectivity index (χ2v) is 15.9. The minimum Gasteiger partial charge on any atom is -0.462 e. The molecule has 1 fully saturated rings. The van der Waals surface area contributed by atoms with Crippen LogP contribution in [0.4, 0.5) is 0 Å². The molecular weight excluding hydrogens is 735 g/mol. The smallest absolute Gasteiger partial charge is 0.462 e. The molecule has 1 aliphatic rings. The zero-order valence-corrected chi connectivity index (χ0v) is 35.4. The van der Waals surface area contributed by atoms with E-state index < -0.39 is 51.8 Å². The first-order chi connectivity index (χ1) is 27.2. The van der Waals surface area contributed by atoms with Crippen molar-refractivity contribution in [2.24, 2.45) is 0 Å². The van der Waals surface area contributed by atoms with Crippen LogP contribution in [-0.2, 0) is 37.4 Å². The number of aliphatic hydroxyl groups is 2. The highest BCUT2D eigenvalue weighted by Gasteiger charge is 2.36. The molecule has 0 radical (unpaired) electrons. The van der Waals surface area contributed by atoms with Crippen molar-refractivity contribution in [3.8, 4) is 0 Å². The number of unbranched alkanes of at least 4 members (excludes halogenated alkanes) is 12. The molecule has 11 nitrogen and oxygen atoms in total. The van der Waals surface area contributed by atoms with Gasteiger partial charge in [0.15, 0.2) is 6.10 Å². The third kappa shape index (κ3) is 32.7. The molecule has 1 saturated heterocycles. The number of allylic oxidation sites excluding steroid dienone is 9. The van der Waals surface area contributed by atoms with Crippen molar-refractivity contribution >= 4 is 19.8 Å². The van der Waals surface area contributed by atoms with Crippen LogP contribution in [0.5, 0.6) is 0 Å². The Morgan fingerprint density at radius 1 is 0.661 bits per heavy atom. The van der Waals surface area contributed by atoms with Crippen molar-refractivity contribution in [1.29, 1.82) is 0 Å². The molecule has 1 heterocycles. The van der Waals surface area contributed by atoms with Gasteiger partial charge in [-0.2, -0.15) is 0 Å². The summed E-state index contributed by atoms with van der Waals surface area (Å²) in [6.45, 7) is 2.21. The largest absolute Gasteiger partial charge is 0.472 e. The van der Waals surface area contributed by atoms with Crippen molar-refractivity contribution in [1.82, 2.24) is 0 Å². The maximum atomic E-state index is 12.6. The van der Waals surface area contributed by atoms with Gasteiger partial charge in [0.2, 0.25) is 0 Å². The summed E-state index contributed by atoms with van der Waals surface area (Å²) in [6.07, 6.45) is 40.6.